The predicted molar refractivity (Wildman–Crippen MR) is 414 cm³/mol. The van der Waals surface area contributed by atoms with E-state index in [1.807, 2.05) is 11.3 Å². The van der Waals surface area contributed by atoms with E-state index >= 15 is 0 Å². The van der Waals surface area contributed by atoms with E-state index in [1.54, 1.807) is 0 Å². The van der Waals surface area contributed by atoms with Crippen molar-refractivity contribution in [1.82, 2.24) is 0 Å². The quantitative estimate of drug-likeness (QED) is 0.133. The van der Waals surface area contributed by atoms with E-state index in [1.165, 1.54) is 170 Å². The molecule has 2 atom stereocenters. The zero-order valence-electron chi connectivity index (χ0n) is 55.4. The summed E-state index contributed by atoms with van der Waals surface area (Å²) in [6.45, 7) is 16.1. The van der Waals surface area contributed by atoms with Gasteiger partial charge in [-0.05, 0) is 216 Å². The zero-order chi connectivity index (χ0) is 65.2. The molecule has 0 fully saturated rings. The van der Waals surface area contributed by atoms with Gasteiger partial charge in [0, 0.05) is 60.1 Å². The Labute approximate surface area is 574 Å². The lowest BCUT2D eigenvalue weighted by atomic mass is 9.79. The van der Waals surface area contributed by atoms with Crippen LogP contribution < -0.4 is 24.7 Å². The normalized spacial score (nSPS) is 16.8. The first-order valence-electron chi connectivity index (χ1n) is 34.2. The molecule has 2 bridgehead atoms. The number of benzene rings is 12. The number of para-hydroxylation sites is 2. The highest BCUT2D eigenvalue weighted by molar-refractivity contribution is 7.67. The van der Waals surface area contributed by atoms with Gasteiger partial charge < -0.3 is 4.90 Å². The third kappa shape index (κ3) is 9.74. The number of pyridine rings is 1. The Bertz CT molecular complexity index is 5670. The molecule has 4 aliphatic rings. The average molecular weight is 1280 g/mol. The fraction of sp³-hybridized carbons (Fsp3) is 0.120. The van der Waals surface area contributed by atoms with E-state index in [-0.39, 0.29) is 11.3 Å². The molecule has 12 aromatic carbocycles. The monoisotopic (exact) mass is 1280 g/mol. The fourth-order valence-corrected chi connectivity index (χ4v) is 20.4. The molecule has 5 heterocycles. The Hall–Kier alpha value is -10.5. The first-order chi connectivity index (χ1) is 47.5. The molecule has 97 heavy (non-hydrogen) atoms. The largest absolute Gasteiger partial charge is 0.314 e. The van der Waals surface area contributed by atoms with Crippen molar-refractivity contribution in [2.75, 3.05) is 9.80 Å². The van der Waals surface area contributed by atoms with E-state index in [0.29, 0.717) is 0 Å². The van der Waals surface area contributed by atoms with Crippen molar-refractivity contribution >= 4 is 106 Å². The van der Waals surface area contributed by atoms with Crippen LogP contribution in [0.2, 0.25) is 0 Å². The second-order valence-electron chi connectivity index (χ2n) is 27.8. The molecule has 0 saturated carbocycles. The second-order valence-corrected chi connectivity index (χ2v) is 30.9. The van der Waals surface area contributed by atoms with Crippen molar-refractivity contribution in [3.05, 3.63) is 364 Å². The van der Waals surface area contributed by atoms with E-state index in [4.69, 9.17) is 0 Å². The molecule has 3 aliphatic heterocycles. The minimum absolute atomic E-state index is 0.0229. The number of aromatic nitrogens is 1. The Kier molecular flexibility index (Phi) is 14.3. The van der Waals surface area contributed by atoms with Crippen LogP contribution in [0, 0.1) is 12.3 Å². The summed E-state index contributed by atoms with van der Waals surface area (Å²) in [6.07, 6.45) is 17.3. The zero-order valence-corrected chi connectivity index (χ0v) is 57.2. The molecule has 0 amide bonds. The van der Waals surface area contributed by atoms with Crippen molar-refractivity contribution < 1.29 is 4.34 Å². The highest BCUT2D eigenvalue weighted by Gasteiger charge is 2.46. The van der Waals surface area contributed by atoms with Gasteiger partial charge in [0.25, 0.3) is 5.82 Å². The van der Waals surface area contributed by atoms with Gasteiger partial charge in [-0.1, -0.05) is 240 Å². The van der Waals surface area contributed by atoms with Gasteiger partial charge in [-0.2, -0.15) is 4.90 Å². The summed E-state index contributed by atoms with van der Waals surface area (Å²) < 4.78 is 5.27. The molecule has 0 saturated heterocycles. The molecule has 1 aliphatic carbocycles. The third-order valence-electron chi connectivity index (χ3n) is 21.1. The molecule has 3 nitrogen and oxygen atoms in total. The lowest BCUT2D eigenvalue weighted by molar-refractivity contribution is -0.493. The highest BCUT2D eigenvalue weighted by atomic mass is 32.1. The summed E-state index contributed by atoms with van der Waals surface area (Å²) in [5, 5.41) is 10.7. The van der Waals surface area contributed by atoms with Gasteiger partial charge in [-0.25, -0.2) is 4.34 Å². The van der Waals surface area contributed by atoms with Gasteiger partial charge in [0.1, 0.15) is 11.4 Å². The maximum absolute atomic E-state index is 4.65. The van der Waals surface area contributed by atoms with Crippen LogP contribution in [0.15, 0.2) is 297 Å². The van der Waals surface area contributed by atoms with Gasteiger partial charge in [-0.3, -0.25) is 0 Å². The van der Waals surface area contributed by atoms with Crippen LogP contribution in [-0.4, -0.2) is 0 Å². The smallest absolute Gasteiger partial charge is 0.289 e. The molecule has 0 spiro atoms. The van der Waals surface area contributed by atoms with Gasteiger partial charge in [0.2, 0.25) is 0 Å². The van der Waals surface area contributed by atoms with Crippen LogP contribution in [-0.2, 0) is 25.7 Å². The van der Waals surface area contributed by atoms with Gasteiger partial charge in [-0.15, -0.1) is 11.3 Å². The van der Waals surface area contributed by atoms with E-state index in [0.717, 1.165) is 37.1 Å². The van der Waals surface area contributed by atoms with E-state index < -0.39 is 8.07 Å². The molecular weight excluding hydrogens is 1210 g/mol. The fourth-order valence-electron chi connectivity index (χ4n) is 16.5. The first kappa shape index (κ1) is 59.0. The maximum Gasteiger partial charge on any atom is 0.289 e. The number of allylic oxidation sites excluding steroid dienone is 6. The van der Waals surface area contributed by atoms with Crippen molar-refractivity contribution in [3.63, 3.8) is 0 Å². The van der Waals surface area contributed by atoms with Crippen molar-refractivity contribution in [2.45, 2.75) is 66.2 Å². The van der Waals surface area contributed by atoms with Crippen molar-refractivity contribution in [2.24, 2.45) is 5.41 Å². The molecular formula is C92H73N3PS+. The SMILES string of the molecule is C=Cc1c2ccc3ccc4c(c13)-c1c(ccc3c1P(c1ccccc1C2c1ccc(-c2ccc(Cc5ccc6sc7ccc8ccc9c(c8c7c6c5Cc5ccccc5C)C/C=C/C=C(C(C)(C)C)\C=C(/C)N9c5ccccc5)cc2)cc1)[n+]1ccccc1N3c1ccccc1)C4. The minimum atomic E-state index is -1.11. The highest BCUT2D eigenvalue weighted by Crippen LogP contribution is 2.56. The van der Waals surface area contributed by atoms with Crippen LogP contribution in [0.25, 0.3) is 70.0 Å². The van der Waals surface area contributed by atoms with Crippen molar-refractivity contribution in [1.29, 1.82) is 0 Å². The molecule has 18 rings (SSSR count). The summed E-state index contributed by atoms with van der Waals surface area (Å²) in [5.41, 5.74) is 28.5. The Balaban J connectivity index is 0.747. The third-order valence-corrected chi connectivity index (χ3v) is 24.8. The summed E-state index contributed by atoms with van der Waals surface area (Å²) >= 11 is 1.94. The van der Waals surface area contributed by atoms with Crippen LogP contribution in [0.3, 0.4) is 0 Å². The molecule has 14 aromatic rings. The number of nitrogens with zero attached hydrogens (tertiary/aromatic N) is 3. The number of hydrogen-bond acceptors (Lipinski definition) is 3. The number of hydrogen-bond donors (Lipinski definition) is 0. The van der Waals surface area contributed by atoms with Gasteiger partial charge in [0.15, 0.2) is 8.07 Å². The summed E-state index contributed by atoms with van der Waals surface area (Å²) in [4.78, 5) is 5.00. The van der Waals surface area contributed by atoms with Crippen LogP contribution in [0.1, 0.15) is 100 Å². The molecule has 0 N–H and O–H groups in total. The molecule has 5 heteroatoms. The molecule has 2 aromatic heterocycles. The lowest BCUT2D eigenvalue weighted by Crippen LogP contribution is -2.48. The Morgan fingerprint density at radius 1 is 0.557 bits per heavy atom. The van der Waals surface area contributed by atoms with E-state index in [2.05, 4.69) is 341 Å². The molecule has 0 radical (unpaired) electrons. The van der Waals surface area contributed by atoms with Gasteiger partial charge in [0.05, 0.1) is 11.5 Å². The van der Waals surface area contributed by atoms with E-state index in [9.17, 15) is 0 Å². The molecule has 2 unspecified atom stereocenters. The van der Waals surface area contributed by atoms with Gasteiger partial charge >= 0.3 is 0 Å². The Morgan fingerprint density at radius 3 is 1.99 bits per heavy atom. The number of rotatable bonds is 9. The molecule has 466 valence electrons. The van der Waals surface area contributed by atoms with Crippen LogP contribution in [0.4, 0.5) is 28.6 Å². The minimum Gasteiger partial charge on any atom is -0.314 e. The summed E-state index contributed by atoms with van der Waals surface area (Å²) in [6, 6.07) is 94.7. The topological polar surface area (TPSA) is 10.4 Å². The van der Waals surface area contributed by atoms with Crippen molar-refractivity contribution in [3.8, 4) is 22.3 Å². The lowest BCUT2D eigenvalue weighted by Gasteiger charge is -2.35. The van der Waals surface area contributed by atoms with Crippen LogP contribution >= 0.6 is 19.4 Å². The predicted octanol–water partition coefficient (Wildman–Crippen LogP) is 23.3. The first-order valence-corrected chi connectivity index (χ1v) is 36.3. The maximum atomic E-state index is 4.65. The number of fused-ring (bicyclic) bond motifs is 12. The summed E-state index contributed by atoms with van der Waals surface area (Å²) in [7, 11) is -1.11. The summed E-state index contributed by atoms with van der Waals surface area (Å²) in [5.74, 6) is 1.10. The average Bonchev–Trinajstić information content (AvgIpc) is 1.69. The number of thiophene rings is 1. The number of aryl methyl sites for hydroxylation is 1. The Morgan fingerprint density at radius 2 is 1.21 bits per heavy atom. The standard InChI is InChI=1S/C92H73N3PS/c1-7-73-74-48-43-64-41-42-68-56-69-45-50-79-91(88(69)87(68)85(64)73)96(93-53-21-20-32-83(93)95(79)72-27-12-9-13-28-72)80-31-19-18-30-76(80)84(74)63-39-37-62(38-40-63)61-35-33-60(34-36-61)55-67-47-52-81-89(77(67)57-66-23-15-14-22-58(66)2)90-82(97-81)51-46-65-44-49-78-75(86(65)90)29-17-16-24-70(92(4,5)6)54-59(3)94(78)71-25-10-8-11-26-71/h7-28,30-54,84H,1,29,55-57H2,2-6H3/q+1/b17-16+,59-54+,70-24+. The number of anilines is 5. The van der Waals surface area contributed by atoms with Crippen LogP contribution in [0.5, 0.6) is 0 Å². The second kappa shape index (κ2) is 23.4.